The van der Waals surface area contributed by atoms with Crippen molar-refractivity contribution in [3.05, 3.63) is 145 Å². The van der Waals surface area contributed by atoms with Crippen molar-refractivity contribution < 1.29 is 28.3 Å². The Morgan fingerprint density at radius 1 is 0.852 bits per heavy atom. The van der Waals surface area contributed by atoms with E-state index in [1.807, 2.05) is 122 Å². The number of β-lactam (4-membered cyclic amide) rings is 1. The number of thioether (sulfide) groups is 1. The number of pyridine rings is 1. The Balaban J connectivity index is 1.64. The number of methoxy groups -OCH3 is 1. The number of esters is 1. The molecule has 0 saturated carbocycles. The van der Waals surface area contributed by atoms with E-state index < -0.39 is 45.2 Å². The Hall–Kier alpha value is -5.24. The summed E-state index contributed by atoms with van der Waals surface area (Å²) in [5, 5.41) is 12.7. The molecule has 12 heteroatoms. The van der Waals surface area contributed by atoms with Gasteiger partial charge in [0.1, 0.15) is 23.6 Å². The molecular weight excluding hydrogens is 818 g/mol. The lowest BCUT2D eigenvalue weighted by atomic mass is 9.73. The van der Waals surface area contributed by atoms with Crippen molar-refractivity contribution in [2.24, 2.45) is 11.8 Å². The first-order valence-electron chi connectivity index (χ1n) is 20.4. The first-order chi connectivity index (χ1) is 29.2. The Labute approximate surface area is 365 Å². The van der Waals surface area contributed by atoms with Crippen LogP contribution in [0, 0.1) is 23.2 Å². The van der Waals surface area contributed by atoms with E-state index in [2.05, 4.69) is 44.9 Å². The van der Waals surface area contributed by atoms with Gasteiger partial charge in [-0.25, -0.2) is 4.79 Å². The van der Waals surface area contributed by atoms with Gasteiger partial charge in [-0.05, 0) is 70.8 Å². The quantitative estimate of drug-likeness (QED) is 0.0299. The van der Waals surface area contributed by atoms with Crippen molar-refractivity contribution in [3.63, 3.8) is 0 Å². The van der Waals surface area contributed by atoms with Gasteiger partial charge in [-0.2, -0.15) is 5.26 Å². The zero-order valence-corrected chi connectivity index (χ0v) is 38.6. The molecule has 9 nitrogen and oxygen atoms in total. The van der Waals surface area contributed by atoms with Crippen LogP contribution in [-0.4, -0.2) is 66.3 Å². The highest BCUT2D eigenvalue weighted by molar-refractivity contribution is 8.00. The maximum atomic E-state index is 15.6. The van der Waals surface area contributed by atoms with E-state index in [9.17, 15) is 10.1 Å². The predicted molar refractivity (Wildman–Crippen MR) is 249 cm³/mol. The van der Waals surface area contributed by atoms with E-state index in [4.69, 9.17) is 13.9 Å². The van der Waals surface area contributed by atoms with Gasteiger partial charge in [0.15, 0.2) is 8.32 Å². The largest absolute Gasteiger partial charge is 0.497 e. The van der Waals surface area contributed by atoms with Gasteiger partial charge in [0.05, 0.1) is 42.9 Å². The van der Waals surface area contributed by atoms with Crippen molar-refractivity contribution in [3.8, 4) is 11.8 Å². The molecule has 6 rings (SSSR count). The van der Waals surface area contributed by atoms with E-state index in [-0.39, 0.29) is 40.9 Å². The van der Waals surface area contributed by atoms with Crippen LogP contribution in [-0.2, 0) is 30.2 Å². The Bertz CT molecular complexity index is 2280. The van der Waals surface area contributed by atoms with Gasteiger partial charge >= 0.3 is 5.97 Å². The molecule has 1 aliphatic heterocycles. The third-order valence-electron chi connectivity index (χ3n) is 11.8. The third kappa shape index (κ3) is 9.64. The minimum atomic E-state index is -3.34. The molecule has 1 aromatic heterocycles. The van der Waals surface area contributed by atoms with Gasteiger partial charge in [0.25, 0.3) is 0 Å². The summed E-state index contributed by atoms with van der Waals surface area (Å²) in [4.78, 5) is 52.4. The van der Waals surface area contributed by atoms with Gasteiger partial charge in [-0.1, -0.05) is 124 Å². The highest BCUT2D eigenvalue weighted by Gasteiger charge is 2.60. The lowest BCUT2D eigenvalue weighted by molar-refractivity contribution is -0.161. The van der Waals surface area contributed by atoms with E-state index in [0.29, 0.717) is 5.75 Å². The number of nitriles is 1. The lowest BCUT2D eigenvalue weighted by Crippen LogP contribution is -2.72. The smallest absolute Gasteiger partial charge is 0.356 e. The van der Waals surface area contributed by atoms with E-state index in [0.717, 1.165) is 26.4 Å². The lowest BCUT2D eigenvalue weighted by Gasteiger charge is -2.54. The zero-order valence-electron chi connectivity index (χ0n) is 35.9. The summed E-state index contributed by atoms with van der Waals surface area (Å²) in [5.74, 6) is -2.33. The van der Waals surface area contributed by atoms with Crippen LogP contribution in [0.1, 0.15) is 39.7 Å². The summed E-state index contributed by atoms with van der Waals surface area (Å²) >= 11 is 1.35. The highest BCUT2D eigenvalue weighted by Crippen LogP contribution is 2.51. The number of benzene rings is 4. The maximum Gasteiger partial charge on any atom is 0.356 e. The third-order valence-corrected chi connectivity index (χ3v) is 21.7. The second-order valence-electron chi connectivity index (χ2n) is 16.6. The van der Waals surface area contributed by atoms with Crippen LogP contribution >= 0.6 is 18.6 Å². The molecule has 0 bridgehead atoms. The zero-order chi connectivity index (χ0) is 43.8. The molecule has 1 fully saturated rings. The van der Waals surface area contributed by atoms with Crippen LogP contribution in [0.25, 0.3) is 0 Å². The van der Waals surface area contributed by atoms with Gasteiger partial charge in [0.2, 0.25) is 5.91 Å². The van der Waals surface area contributed by atoms with E-state index >= 15 is 9.59 Å². The van der Waals surface area contributed by atoms with Crippen LogP contribution in [0.4, 0.5) is 0 Å². The molecule has 0 N–H and O–H groups in total. The van der Waals surface area contributed by atoms with Crippen molar-refractivity contribution in [1.82, 2.24) is 9.88 Å². The fourth-order valence-electron chi connectivity index (χ4n) is 7.72. The van der Waals surface area contributed by atoms with Gasteiger partial charge in [-0.15, -0.1) is 11.8 Å². The molecule has 5 aromatic rings. The number of ketones is 1. The number of Topliss-reactive ketones (excluding diaryl/α,β-unsaturated/α-hetero) is 1. The number of hydrogen-bond donors (Lipinski definition) is 0. The molecular formula is C49H54N3O6PSSi. The molecule has 0 radical (unpaired) electrons. The van der Waals surface area contributed by atoms with Gasteiger partial charge in [-0.3, -0.25) is 14.6 Å². The number of aromatic nitrogens is 1. The van der Waals surface area contributed by atoms with E-state index in [1.54, 1.807) is 36.5 Å². The average molecular weight is 872 g/mol. The number of amides is 1. The molecule has 4 aromatic carbocycles. The highest BCUT2D eigenvalue weighted by atomic mass is 32.2. The average Bonchev–Trinajstić information content (AvgIpc) is 3.26. The number of carbonyl (C=O) groups excluding carboxylic acids is 3. The molecule has 2 heterocycles. The molecule has 1 amide bonds. The minimum Gasteiger partial charge on any atom is -0.497 e. The van der Waals surface area contributed by atoms with Crippen molar-refractivity contribution >= 4 is 66.0 Å². The SMILES string of the molecule is COc1ccc(COC(=O)C(N2C(=O)[C@H]([C@@H](C)O[Si](C)(C)C(C)(C)C)[C@H]2[C@@H](CC#N)C(=O)CSc2ccncc2)=P(c2ccccc2)(c2ccccc2)c2ccccc2)cc1. The summed E-state index contributed by atoms with van der Waals surface area (Å²) in [6.07, 6.45) is 2.53. The second-order valence-corrected chi connectivity index (χ2v) is 25.8. The summed E-state index contributed by atoms with van der Waals surface area (Å²) < 4.78 is 18.7. The number of nitrogens with zero attached hydrogens (tertiary/aromatic N) is 3. The normalized spacial score (nSPS) is 16.4. The van der Waals surface area contributed by atoms with Gasteiger partial charge < -0.3 is 18.8 Å². The van der Waals surface area contributed by atoms with Crippen LogP contribution in [0.5, 0.6) is 5.75 Å². The summed E-state index contributed by atoms with van der Waals surface area (Å²) in [5.41, 5.74) is 0.871. The molecule has 0 spiro atoms. The first-order valence-corrected chi connectivity index (χ1v) is 26.1. The molecule has 1 aliphatic rings. The number of rotatable bonds is 17. The Morgan fingerprint density at radius 2 is 1.38 bits per heavy atom. The predicted octanol–water partition coefficient (Wildman–Crippen LogP) is 8.39. The fourth-order valence-corrected chi connectivity index (χ4v) is 14.4. The number of hydrogen-bond acceptors (Lipinski definition) is 9. The Morgan fingerprint density at radius 3 is 1.85 bits per heavy atom. The molecule has 0 unspecified atom stereocenters. The summed E-state index contributed by atoms with van der Waals surface area (Å²) in [6.45, 7) is 9.15. The van der Waals surface area contributed by atoms with Crippen molar-refractivity contribution in [1.29, 1.82) is 5.26 Å². The molecule has 4 atom stereocenters. The summed E-state index contributed by atoms with van der Waals surface area (Å²) in [7, 11) is -0.878. The molecule has 61 heavy (non-hydrogen) atoms. The van der Waals surface area contributed by atoms with Crippen LogP contribution in [0.15, 0.2) is 145 Å². The van der Waals surface area contributed by atoms with Crippen molar-refractivity contribution in [2.45, 2.75) is 75.9 Å². The fraction of sp³-hybridized carbons (Fsp3) is 0.306. The summed E-state index contributed by atoms with van der Waals surface area (Å²) in [6, 6.07) is 41.6. The standard InChI is InChI=1S/C49H54N3O6PSSi/c1-35(58-61(6,7)49(2,3)4)44-45(42(27-30-50)43(53)34-60-41-28-31-51-32-29-41)52(46(44)54)47(48(55)57-33-36-23-25-37(56-5)26-24-36)59(38-17-11-8-12-18-38,39-19-13-9-14-20-39)40-21-15-10-16-22-40/h8-26,28-29,31-32,35,42,44-45H,27,33-34H2,1-7H3/t35-,42+,44-,45-/m1/s1. The molecule has 0 aliphatic carbocycles. The monoisotopic (exact) mass is 871 g/mol. The Kier molecular flexibility index (Phi) is 14.6. The number of ether oxygens (including phenoxy) is 2. The topological polar surface area (TPSA) is 119 Å². The second kappa shape index (κ2) is 19.6. The number of likely N-dealkylation sites (tertiary alicyclic amines) is 1. The van der Waals surface area contributed by atoms with Crippen LogP contribution < -0.4 is 20.7 Å². The first kappa shape index (κ1) is 45.3. The van der Waals surface area contributed by atoms with Crippen LogP contribution in [0.3, 0.4) is 0 Å². The van der Waals surface area contributed by atoms with E-state index in [1.165, 1.54) is 11.8 Å². The molecule has 1 saturated heterocycles. The molecule has 316 valence electrons. The minimum absolute atomic E-state index is 0.0483. The van der Waals surface area contributed by atoms with Crippen LogP contribution in [0.2, 0.25) is 18.1 Å². The van der Waals surface area contributed by atoms with Gasteiger partial charge in [0, 0.05) is 30.6 Å². The van der Waals surface area contributed by atoms with Crippen molar-refractivity contribution in [2.75, 3.05) is 12.9 Å². The maximum absolute atomic E-state index is 15.6. The number of carbonyl (C=O) groups is 3.